The Kier molecular flexibility index (Phi) is 3.51. The smallest absolute Gasteiger partial charge is 0.318 e. The highest BCUT2D eigenvalue weighted by atomic mass is 79.9. The van der Waals surface area contributed by atoms with Crippen LogP contribution in [0.5, 0.6) is 0 Å². The van der Waals surface area contributed by atoms with E-state index in [1.54, 1.807) is 16.2 Å². The molecule has 1 aliphatic heterocycles. The predicted molar refractivity (Wildman–Crippen MR) is 68.5 cm³/mol. The largest absolute Gasteiger partial charge is 0.329 e. The normalized spacial score (nSPS) is 22.3. The van der Waals surface area contributed by atoms with Crippen LogP contribution in [0.3, 0.4) is 0 Å². The van der Waals surface area contributed by atoms with E-state index in [1.807, 2.05) is 19.1 Å². The molecule has 1 aliphatic rings. The number of amides is 2. The summed E-state index contributed by atoms with van der Waals surface area (Å²) in [4.78, 5) is 14.6. The van der Waals surface area contributed by atoms with Crippen molar-refractivity contribution in [1.82, 2.24) is 10.2 Å². The molecule has 0 aliphatic carbocycles. The van der Waals surface area contributed by atoms with Crippen LogP contribution in [0, 0.1) is 0 Å². The number of carbonyl (C=O) groups is 1. The number of nitrogens with zero attached hydrogens (tertiary/aromatic N) is 1. The zero-order valence-electron chi connectivity index (χ0n) is 8.94. The van der Waals surface area contributed by atoms with E-state index in [2.05, 4.69) is 21.2 Å². The van der Waals surface area contributed by atoms with Crippen LogP contribution < -0.4 is 11.1 Å². The van der Waals surface area contributed by atoms with E-state index in [-0.39, 0.29) is 18.1 Å². The molecule has 2 heterocycles. The second-order valence-electron chi connectivity index (χ2n) is 4.03. The number of hydrogen-bond donors (Lipinski definition) is 2. The van der Waals surface area contributed by atoms with E-state index < -0.39 is 0 Å². The SMILES string of the molecule is CC(N)CN1CC(c2ccc(Br)s2)NC1=O. The molecule has 1 aromatic heterocycles. The molecule has 2 unspecified atom stereocenters. The van der Waals surface area contributed by atoms with Gasteiger partial charge in [-0.15, -0.1) is 11.3 Å². The summed E-state index contributed by atoms with van der Waals surface area (Å²) in [5.41, 5.74) is 5.70. The molecule has 88 valence electrons. The molecule has 2 amide bonds. The maximum absolute atomic E-state index is 11.7. The van der Waals surface area contributed by atoms with Crippen molar-refractivity contribution in [3.8, 4) is 0 Å². The van der Waals surface area contributed by atoms with E-state index in [0.717, 1.165) is 3.79 Å². The van der Waals surface area contributed by atoms with Gasteiger partial charge in [0, 0.05) is 24.0 Å². The molecule has 3 N–H and O–H groups in total. The fraction of sp³-hybridized carbons (Fsp3) is 0.500. The van der Waals surface area contributed by atoms with Crippen molar-refractivity contribution >= 4 is 33.3 Å². The van der Waals surface area contributed by atoms with Gasteiger partial charge < -0.3 is 16.0 Å². The van der Waals surface area contributed by atoms with Gasteiger partial charge in [-0.1, -0.05) is 0 Å². The second kappa shape index (κ2) is 4.73. The fourth-order valence-corrected chi connectivity index (χ4v) is 3.24. The summed E-state index contributed by atoms with van der Waals surface area (Å²) in [5, 5.41) is 2.96. The molecule has 4 nitrogen and oxygen atoms in total. The van der Waals surface area contributed by atoms with Crippen LogP contribution in [0.4, 0.5) is 4.79 Å². The van der Waals surface area contributed by atoms with Crippen LogP contribution in [0.2, 0.25) is 0 Å². The van der Waals surface area contributed by atoms with Gasteiger partial charge in [0.05, 0.1) is 9.83 Å². The van der Waals surface area contributed by atoms with E-state index in [0.29, 0.717) is 13.1 Å². The number of halogens is 1. The number of nitrogens with one attached hydrogen (secondary N) is 1. The fourth-order valence-electron chi connectivity index (χ4n) is 1.77. The zero-order chi connectivity index (χ0) is 11.7. The first-order valence-corrected chi connectivity index (χ1v) is 6.73. The highest BCUT2D eigenvalue weighted by molar-refractivity contribution is 9.11. The molecule has 1 aromatic rings. The third-order valence-electron chi connectivity index (χ3n) is 2.43. The number of thiophene rings is 1. The Morgan fingerprint density at radius 1 is 1.75 bits per heavy atom. The summed E-state index contributed by atoms with van der Waals surface area (Å²) in [5.74, 6) is 0. The number of nitrogens with two attached hydrogens (primary N) is 1. The number of hydrogen-bond acceptors (Lipinski definition) is 3. The highest BCUT2D eigenvalue weighted by Crippen LogP contribution is 2.29. The van der Waals surface area contributed by atoms with Crippen molar-refractivity contribution in [3.63, 3.8) is 0 Å². The summed E-state index contributed by atoms with van der Waals surface area (Å²) >= 11 is 5.07. The predicted octanol–water partition coefficient (Wildman–Crippen LogP) is 1.92. The highest BCUT2D eigenvalue weighted by Gasteiger charge is 2.30. The van der Waals surface area contributed by atoms with Crippen LogP contribution >= 0.6 is 27.3 Å². The van der Waals surface area contributed by atoms with Crippen LogP contribution in [0.15, 0.2) is 15.9 Å². The first-order chi connectivity index (χ1) is 7.56. The molecule has 0 saturated carbocycles. The Hall–Kier alpha value is -0.590. The van der Waals surface area contributed by atoms with Gasteiger partial charge in [-0.25, -0.2) is 4.79 Å². The van der Waals surface area contributed by atoms with Crippen molar-refractivity contribution in [2.45, 2.75) is 19.0 Å². The number of rotatable bonds is 3. The van der Waals surface area contributed by atoms with Gasteiger partial charge in [-0.2, -0.15) is 0 Å². The van der Waals surface area contributed by atoms with Crippen LogP contribution in [-0.2, 0) is 0 Å². The molecule has 0 aromatic carbocycles. The minimum absolute atomic E-state index is 0.0135. The van der Waals surface area contributed by atoms with E-state index >= 15 is 0 Å². The lowest BCUT2D eigenvalue weighted by atomic mass is 10.2. The van der Waals surface area contributed by atoms with Crippen molar-refractivity contribution < 1.29 is 4.79 Å². The minimum Gasteiger partial charge on any atom is -0.329 e. The van der Waals surface area contributed by atoms with Crippen molar-refractivity contribution in [2.24, 2.45) is 5.73 Å². The van der Waals surface area contributed by atoms with Crippen LogP contribution in [0.1, 0.15) is 17.8 Å². The summed E-state index contributed by atoms with van der Waals surface area (Å²) < 4.78 is 1.09. The van der Waals surface area contributed by atoms with E-state index in [4.69, 9.17) is 5.73 Å². The Labute approximate surface area is 107 Å². The van der Waals surface area contributed by atoms with Crippen molar-refractivity contribution in [3.05, 3.63) is 20.8 Å². The van der Waals surface area contributed by atoms with Gasteiger partial charge in [0.1, 0.15) is 0 Å². The molecule has 2 rings (SSSR count). The Morgan fingerprint density at radius 3 is 3.06 bits per heavy atom. The summed E-state index contributed by atoms with van der Waals surface area (Å²) in [6, 6.07) is 4.13. The van der Waals surface area contributed by atoms with E-state index in [9.17, 15) is 4.79 Å². The van der Waals surface area contributed by atoms with Crippen molar-refractivity contribution in [2.75, 3.05) is 13.1 Å². The summed E-state index contributed by atoms with van der Waals surface area (Å²) in [6.45, 7) is 3.21. The van der Waals surface area contributed by atoms with Gasteiger partial charge in [0.25, 0.3) is 0 Å². The molecule has 0 bridgehead atoms. The Balaban J connectivity index is 2.03. The quantitative estimate of drug-likeness (QED) is 0.896. The average Bonchev–Trinajstić information content (AvgIpc) is 2.74. The van der Waals surface area contributed by atoms with Crippen LogP contribution in [-0.4, -0.2) is 30.1 Å². The average molecular weight is 304 g/mol. The number of urea groups is 1. The van der Waals surface area contributed by atoms with Gasteiger partial charge in [0.2, 0.25) is 0 Å². The molecular formula is C10H14BrN3OS. The first kappa shape index (κ1) is 11.9. The second-order valence-corrected chi connectivity index (χ2v) is 6.52. The van der Waals surface area contributed by atoms with Gasteiger partial charge in [-0.3, -0.25) is 0 Å². The third kappa shape index (κ3) is 2.56. The first-order valence-electron chi connectivity index (χ1n) is 5.12. The molecule has 16 heavy (non-hydrogen) atoms. The lowest BCUT2D eigenvalue weighted by Gasteiger charge is -2.16. The van der Waals surface area contributed by atoms with E-state index in [1.165, 1.54) is 4.88 Å². The lowest BCUT2D eigenvalue weighted by molar-refractivity contribution is 0.215. The molecule has 0 spiro atoms. The molecule has 6 heteroatoms. The molecule has 2 atom stereocenters. The van der Waals surface area contributed by atoms with Gasteiger partial charge in [-0.05, 0) is 35.0 Å². The lowest BCUT2D eigenvalue weighted by Crippen LogP contribution is -2.37. The van der Waals surface area contributed by atoms with Gasteiger partial charge in [0.15, 0.2) is 0 Å². The molecular weight excluding hydrogens is 290 g/mol. The number of carbonyl (C=O) groups excluding carboxylic acids is 1. The standard InChI is InChI=1S/C10H14BrN3OS/c1-6(12)4-14-5-7(13-10(14)15)8-2-3-9(11)16-8/h2-3,6-7H,4-5,12H2,1H3,(H,13,15). The summed E-state index contributed by atoms with van der Waals surface area (Å²) in [6.07, 6.45) is 0. The van der Waals surface area contributed by atoms with Crippen LogP contribution in [0.25, 0.3) is 0 Å². The third-order valence-corrected chi connectivity index (χ3v) is 4.17. The molecule has 0 radical (unpaired) electrons. The molecule has 1 saturated heterocycles. The topological polar surface area (TPSA) is 58.4 Å². The maximum atomic E-state index is 11.7. The van der Waals surface area contributed by atoms with Gasteiger partial charge >= 0.3 is 6.03 Å². The maximum Gasteiger partial charge on any atom is 0.318 e. The Bertz CT molecular complexity index is 393. The zero-order valence-corrected chi connectivity index (χ0v) is 11.3. The Morgan fingerprint density at radius 2 is 2.50 bits per heavy atom. The van der Waals surface area contributed by atoms with Crippen molar-refractivity contribution in [1.29, 1.82) is 0 Å². The summed E-state index contributed by atoms with van der Waals surface area (Å²) in [7, 11) is 0. The minimum atomic E-state index is -0.0215. The molecule has 1 fully saturated rings. The monoisotopic (exact) mass is 303 g/mol.